The molecule has 1 aromatic rings. The number of halogens is 2. The first-order valence-corrected chi connectivity index (χ1v) is 8.41. The molecule has 0 saturated heterocycles. The van der Waals surface area contributed by atoms with Gasteiger partial charge >= 0.3 is 0 Å². The first kappa shape index (κ1) is 16.9. The minimum absolute atomic E-state index is 0.0556. The summed E-state index contributed by atoms with van der Waals surface area (Å²) in [4.78, 5) is 0.0556. The first-order chi connectivity index (χ1) is 8.58. The van der Waals surface area contributed by atoms with E-state index in [0.717, 1.165) is 4.47 Å². The lowest BCUT2D eigenvalue weighted by Crippen LogP contribution is -2.48. The Morgan fingerprint density at radius 1 is 1.42 bits per heavy atom. The van der Waals surface area contributed by atoms with Gasteiger partial charge in [-0.3, -0.25) is 0 Å². The molecule has 0 amide bonds. The van der Waals surface area contributed by atoms with Crippen LogP contribution in [0.15, 0.2) is 27.6 Å². The van der Waals surface area contributed by atoms with Crippen LogP contribution in [-0.4, -0.2) is 21.0 Å². The summed E-state index contributed by atoms with van der Waals surface area (Å²) in [5, 5.41) is 0.173. The van der Waals surface area contributed by atoms with Crippen LogP contribution in [0, 0.1) is 5.41 Å². The van der Waals surface area contributed by atoms with E-state index >= 15 is 0 Å². The van der Waals surface area contributed by atoms with Crippen LogP contribution in [0.5, 0.6) is 0 Å². The van der Waals surface area contributed by atoms with Crippen molar-refractivity contribution in [3.63, 3.8) is 0 Å². The highest BCUT2D eigenvalue weighted by molar-refractivity contribution is 9.10. The van der Waals surface area contributed by atoms with Crippen LogP contribution in [0.25, 0.3) is 0 Å². The maximum Gasteiger partial charge on any atom is 0.242 e. The Morgan fingerprint density at radius 2 is 2.00 bits per heavy atom. The molecular weight excluding hydrogens is 352 g/mol. The van der Waals surface area contributed by atoms with Gasteiger partial charge in [-0.05, 0) is 23.6 Å². The smallest absolute Gasteiger partial charge is 0.242 e. The maximum atomic E-state index is 12.3. The zero-order valence-corrected chi connectivity index (χ0v) is 14.2. The highest BCUT2D eigenvalue weighted by Crippen LogP contribution is 2.27. The minimum Gasteiger partial charge on any atom is -0.329 e. The van der Waals surface area contributed by atoms with Gasteiger partial charge in [0.05, 0.1) is 5.02 Å². The zero-order chi connectivity index (χ0) is 14.8. The number of nitrogens with two attached hydrogens (primary N) is 1. The molecule has 0 aliphatic rings. The fraction of sp³-hybridized carbons (Fsp3) is 0.500. The van der Waals surface area contributed by atoms with Crippen molar-refractivity contribution in [3.8, 4) is 0 Å². The van der Waals surface area contributed by atoms with Gasteiger partial charge in [-0.2, -0.15) is 0 Å². The molecule has 0 bridgehead atoms. The van der Waals surface area contributed by atoms with Gasteiger partial charge in [0.2, 0.25) is 10.0 Å². The molecule has 108 valence electrons. The second-order valence-corrected chi connectivity index (χ2v) is 8.36. The molecular formula is C12H18BrClN2O2S. The fourth-order valence-electron chi connectivity index (χ4n) is 1.52. The van der Waals surface area contributed by atoms with E-state index in [-0.39, 0.29) is 27.9 Å². The van der Waals surface area contributed by atoms with Crippen LogP contribution in [-0.2, 0) is 10.0 Å². The lowest BCUT2D eigenvalue weighted by Gasteiger charge is -2.30. The Balaban J connectivity index is 3.11. The van der Waals surface area contributed by atoms with Gasteiger partial charge in [0.25, 0.3) is 0 Å². The van der Waals surface area contributed by atoms with Crippen LogP contribution >= 0.6 is 27.5 Å². The van der Waals surface area contributed by atoms with Crippen molar-refractivity contribution >= 4 is 37.6 Å². The van der Waals surface area contributed by atoms with E-state index in [4.69, 9.17) is 17.3 Å². The number of benzene rings is 1. The topological polar surface area (TPSA) is 72.2 Å². The summed E-state index contributed by atoms with van der Waals surface area (Å²) in [6.45, 7) is 6.00. The van der Waals surface area contributed by atoms with Gasteiger partial charge in [0, 0.05) is 17.1 Å². The second-order valence-electron chi connectivity index (χ2n) is 5.35. The molecule has 0 fully saturated rings. The molecule has 0 aliphatic heterocycles. The molecule has 0 aromatic heterocycles. The van der Waals surface area contributed by atoms with Gasteiger partial charge < -0.3 is 5.73 Å². The van der Waals surface area contributed by atoms with Gasteiger partial charge in [-0.25, -0.2) is 13.1 Å². The van der Waals surface area contributed by atoms with E-state index < -0.39 is 10.0 Å². The Hall–Kier alpha value is -0.140. The first-order valence-electron chi connectivity index (χ1n) is 5.75. The third kappa shape index (κ3) is 4.43. The summed E-state index contributed by atoms with van der Waals surface area (Å²) in [6, 6.07) is 4.28. The quantitative estimate of drug-likeness (QED) is 0.857. The molecule has 0 saturated carbocycles. The highest BCUT2D eigenvalue weighted by Gasteiger charge is 2.29. The Labute approximate surface area is 127 Å². The lowest BCUT2D eigenvalue weighted by atomic mass is 9.88. The predicted octanol–water partition coefficient (Wildman–Crippen LogP) is 2.75. The van der Waals surface area contributed by atoms with Gasteiger partial charge in [0.15, 0.2) is 0 Å². The standard InChI is InChI=1S/C12H18BrClN2O2S/c1-12(2,3)11(7-15)16-19(17,18)10-5-4-8(13)6-9(10)14/h4-6,11,16H,7,15H2,1-3H3. The molecule has 3 N–H and O–H groups in total. The fourth-order valence-corrected chi connectivity index (χ4v) is 4.01. The van der Waals surface area contributed by atoms with E-state index in [0.29, 0.717) is 0 Å². The second kappa shape index (κ2) is 6.10. The number of sulfonamides is 1. The Kier molecular flexibility index (Phi) is 5.43. The molecule has 7 heteroatoms. The molecule has 0 spiro atoms. The number of hydrogen-bond donors (Lipinski definition) is 2. The average Bonchev–Trinajstić information content (AvgIpc) is 2.23. The number of hydrogen-bond acceptors (Lipinski definition) is 3. The number of nitrogens with one attached hydrogen (secondary N) is 1. The largest absolute Gasteiger partial charge is 0.329 e. The normalized spacial score (nSPS) is 14.4. The van der Waals surface area contributed by atoms with E-state index in [1.807, 2.05) is 20.8 Å². The summed E-state index contributed by atoms with van der Waals surface area (Å²) >= 11 is 9.21. The van der Waals surface area contributed by atoms with Crippen LogP contribution in [0.4, 0.5) is 0 Å². The van der Waals surface area contributed by atoms with Crippen molar-refractivity contribution in [1.82, 2.24) is 4.72 Å². The SMILES string of the molecule is CC(C)(C)C(CN)NS(=O)(=O)c1ccc(Br)cc1Cl. The van der Waals surface area contributed by atoms with Crippen molar-refractivity contribution in [1.29, 1.82) is 0 Å². The van der Waals surface area contributed by atoms with Crippen molar-refractivity contribution in [2.45, 2.75) is 31.7 Å². The van der Waals surface area contributed by atoms with Crippen molar-refractivity contribution in [2.24, 2.45) is 11.1 Å². The average molecular weight is 370 g/mol. The van der Waals surface area contributed by atoms with Crippen LogP contribution < -0.4 is 10.5 Å². The van der Waals surface area contributed by atoms with Crippen LogP contribution in [0.2, 0.25) is 5.02 Å². The van der Waals surface area contributed by atoms with E-state index in [1.54, 1.807) is 12.1 Å². The van der Waals surface area contributed by atoms with Crippen LogP contribution in [0.1, 0.15) is 20.8 Å². The summed E-state index contributed by atoms with van der Waals surface area (Å²) in [6.07, 6.45) is 0. The molecule has 1 aromatic carbocycles. The van der Waals surface area contributed by atoms with Gasteiger partial charge in [-0.15, -0.1) is 0 Å². The van der Waals surface area contributed by atoms with E-state index in [9.17, 15) is 8.42 Å². The molecule has 0 radical (unpaired) electrons. The van der Waals surface area contributed by atoms with Crippen molar-refractivity contribution in [3.05, 3.63) is 27.7 Å². The summed E-state index contributed by atoms with van der Waals surface area (Å²) < 4.78 is 28.0. The predicted molar refractivity (Wildman–Crippen MR) is 81.8 cm³/mol. The third-order valence-electron chi connectivity index (χ3n) is 2.76. The molecule has 4 nitrogen and oxygen atoms in total. The summed E-state index contributed by atoms with van der Waals surface area (Å²) in [5.41, 5.74) is 5.36. The van der Waals surface area contributed by atoms with Gasteiger partial charge in [-0.1, -0.05) is 48.3 Å². The molecule has 1 unspecified atom stereocenters. The number of rotatable bonds is 4. The van der Waals surface area contributed by atoms with Gasteiger partial charge in [0.1, 0.15) is 4.90 Å². The highest BCUT2D eigenvalue weighted by atomic mass is 79.9. The lowest BCUT2D eigenvalue weighted by molar-refractivity contribution is 0.304. The molecule has 1 atom stereocenters. The Morgan fingerprint density at radius 3 is 2.42 bits per heavy atom. The minimum atomic E-state index is -3.68. The Bertz CT molecular complexity index is 555. The van der Waals surface area contributed by atoms with Crippen LogP contribution in [0.3, 0.4) is 0 Å². The molecule has 1 rings (SSSR count). The zero-order valence-electron chi connectivity index (χ0n) is 11.1. The third-order valence-corrected chi connectivity index (χ3v) is 5.21. The van der Waals surface area contributed by atoms with Crippen molar-refractivity contribution < 1.29 is 8.42 Å². The van der Waals surface area contributed by atoms with Crippen molar-refractivity contribution in [2.75, 3.05) is 6.54 Å². The molecule has 0 heterocycles. The summed E-state index contributed by atoms with van der Waals surface area (Å²) in [7, 11) is -3.68. The van der Waals surface area contributed by atoms with E-state index in [2.05, 4.69) is 20.7 Å². The molecule has 19 heavy (non-hydrogen) atoms. The monoisotopic (exact) mass is 368 g/mol. The summed E-state index contributed by atoms with van der Waals surface area (Å²) in [5.74, 6) is 0. The maximum absolute atomic E-state index is 12.3. The molecule has 0 aliphatic carbocycles. The van der Waals surface area contributed by atoms with E-state index in [1.165, 1.54) is 6.07 Å².